The Hall–Kier alpha value is -1.85. The van der Waals surface area contributed by atoms with Crippen molar-refractivity contribution >= 4 is 27.5 Å². The van der Waals surface area contributed by atoms with Crippen LogP contribution in [0.5, 0.6) is 5.75 Å². The lowest BCUT2D eigenvalue weighted by molar-refractivity contribution is -0.682. The van der Waals surface area contributed by atoms with E-state index in [1.54, 1.807) is 7.11 Å². The van der Waals surface area contributed by atoms with E-state index < -0.39 is 0 Å². The van der Waals surface area contributed by atoms with E-state index in [0.717, 1.165) is 32.6 Å². The zero-order valence-corrected chi connectivity index (χ0v) is 17.0. The number of anilines is 1. The second kappa shape index (κ2) is 8.50. The van der Waals surface area contributed by atoms with E-state index in [2.05, 4.69) is 47.2 Å². The lowest BCUT2D eigenvalue weighted by atomic mass is 10.1. The molecule has 1 atom stereocenters. The van der Waals surface area contributed by atoms with Gasteiger partial charge in [0.25, 0.3) is 5.91 Å². The molecule has 2 aromatic rings. The van der Waals surface area contributed by atoms with Gasteiger partial charge in [0, 0.05) is 11.3 Å². The van der Waals surface area contributed by atoms with Crippen molar-refractivity contribution in [2.45, 2.75) is 33.7 Å². The van der Waals surface area contributed by atoms with Crippen LogP contribution in [0, 0.1) is 20.8 Å². The fourth-order valence-electron chi connectivity index (χ4n) is 2.95. The molecule has 0 spiro atoms. The number of hydrogen-bond donors (Lipinski definition) is 2. The number of carbonyl (C=O) groups is 1. The monoisotopic (exact) mass is 405 g/mol. The van der Waals surface area contributed by atoms with Gasteiger partial charge < -0.3 is 15.4 Å². The van der Waals surface area contributed by atoms with Crippen LogP contribution in [0.1, 0.15) is 35.2 Å². The van der Waals surface area contributed by atoms with Crippen LogP contribution in [0.3, 0.4) is 0 Å². The molecule has 0 unspecified atom stereocenters. The van der Waals surface area contributed by atoms with Crippen LogP contribution in [0.25, 0.3) is 0 Å². The largest absolute Gasteiger partial charge is 0.496 e. The zero-order valence-electron chi connectivity index (χ0n) is 15.4. The maximum absolute atomic E-state index is 12.3. The quantitative estimate of drug-likeness (QED) is 0.770. The number of hydrogen-bond acceptors (Lipinski definition) is 2. The molecular weight excluding hydrogens is 380 g/mol. The fourth-order valence-corrected chi connectivity index (χ4v) is 3.51. The molecule has 25 heavy (non-hydrogen) atoms. The van der Waals surface area contributed by atoms with Gasteiger partial charge in [-0.25, -0.2) is 0 Å². The van der Waals surface area contributed by atoms with Gasteiger partial charge in [-0.1, -0.05) is 17.7 Å². The molecule has 2 aromatic carbocycles. The first-order valence-corrected chi connectivity index (χ1v) is 9.15. The van der Waals surface area contributed by atoms with Gasteiger partial charge in [0.15, 0.2) is 6.54 Å². The third kappa shape index (κ3) is 5.06. The summed E-state index contributed by atoms with van der Waals surface area (Å²) in [6.07, 6.45) is 0. The minimum atomic E-state index is 0.00878. The van der Waals surface area contributed by atoms with Crippen molar-refractivity contribution < 1.29 is 14.8 Å². The predicted octanol–water partition coefficient (Wildman–Crippen LogP) is 3.65. The zero-order chi connectivity index (χ0) is 18.6. The molecule has 0 saturated heterocycles. The third-order valence-corrected chi connectivity index (χ3v) is 4.92. The predicted molar refractivity (Wildman–Crippen MR) is 105 cm³/mol. The molecule has 0 aliphatic carbocycles. The molecule has 5 heteroatoms. The minimum Gasteiger partial charge on any atom is -0.496 e. The molecule has 0 bridgehead atoms. The number of carbonyl (C=O) groups excluding carboxylic acids is 1. The summed E-state index contributed by atoms with van der Waals surface area (Å²) in [6.45, 7) is 8.57. The van der Waals surface area contributed by atoms with E-state index in [1.165, 1.54) is 5.56 Å². The third-order valence-electron chi connectivity index (χ3n) is 4.30. The summed E-state index contributed by atoms with van der Waals surface area (Å²) in [6, 6.07) is 10.3. The first kappa shape index (κ1) is 19.5. The fraction of sp³-hybridized carbons (Fsp3) is 0.350. The Morgan fingerprint density at radius 1 is 1.20 bits per heavy atom. The Morgan fingerprint density at radius 3 is 2.40 bits per heavy atom. The second-order valence-electron chi connectivity index (χ2n) is 6.44. The van der Waals surface area contributed by atoms with Crippen LogP contribution >= 0.6 is 15.9 Å². The molecule has 0 saturated carbocycles. The number of quaternary nitrogens is 1. The van der Waals surface area contributed by atoms with Gasteiger partial charge in [0.1, 0.15) is 11.8 Å². The standard InChI is InChI=1S/C20H25BrN2O2/c1-12-8-13(2)20(14(3)9-12)23-19(24)11-22-15(4)16-6-7-18(25-5)17(21)10-16/h6-10,15,22H,11H2,1-5H3,(H,23,24)/p+1/t15-/m1/s1. The average Bonchev–Trinajstić information content (AvgIpc) is 2.55. The summed E-state index contributed by atoms with van der Waals surface area (Å²) < 4.78 is 6.17. The smallest absolute Gasteiger partial charge is 0.279 e. The number of rotatable bonds is 6. The van der Waals surface area contributed by atoms with Crippen molar-refractivity contribution in [3.63, 3.8) is 0 Å². The van der Waals surface area contributed by atoms with Gasteiger partial charge in [-0.05, 0) is 73.0 Å². The Bertz CT molecular complexity index is 751. The summed E-state index contributed by atoms with van der Waals surface area (Å²) >= 11 is 3.50. The lowest BCUT2D eigenvalue weighted by Crippen LogP contribution is -2.86. The Kier molecular flexibility index (Phi) is 6.62. The molecule has 0 heterocycles. The number of benzene rings is 2. The van der Waals surface area contributed by atoms with Crippen molar-refractivity contribution in [2.24, 2.45) is 0 Å². The van der Waals surface area contributed by atoms with Crippen molar-refractivity contribution in [1.29, 1.82) is 0 Å². The van der Waals surface area contributed by atoms with Crippen molar-refractivity contribution in [2.75, 3.05) is 19.0 Å². The van der Waals surface area contributed by atoms with Gasteiger partial charge >= 0.3 is 0 Å². The van der Waals surface area contributed by atoms with Gasteiger partial charge in [-0.15, -0.1) is 0 Å². The minimum absolute atomic E-state index is 0.00878. The number of aryl methyl sites for hydroxylation is 3. The molecule has 3 N–H and O–H groups in total. The lowest BCUT2D eigenvalue weighted by Gasteiger charge is -2.15. The maximum atomic E-state index is 12.3. The highest BCUT2D eigenvalue weighted by Crippen LogP contribution is 2.27. The van der Waals surface area contributed by atoms with E-state index in [1.807, 2.05) is 37.4 Å². The number of amides is 1. The van der Waals surface area contributed by atoms with E-state index >= 15 is 0 Å². The summed E-state index contributed by atoms with van der Waals surface area (Å²) in [4.78, 5) is 12.3. The van der Waals surface area contributed by atoms with E-state index in [9.17, 15) is 4.79 Å². The highest BCUT2D eigenvalue weighted by atomic mass is 79.9. The number of nitrogens with two attached hydrogens (primary N) is 1. The topological polar surface area (TPSA) is 54.9 Å². The molecule has 0 aliphatic rings. The molecule has 1 amide bonds. The molecule has 0 aliphatic heterocycles. The van der Waals surface area contributed by atoms with Crippen LogP contribution in [0.4, 0.5) is 5.69 Å². The van der Waals surface area contributed by atoms with Gasteiger partial charge in [-0.2, -0.15) is 0 Å². The van der Waals surface area contributed by atoms with Crippen molar-refractivity contribution in [3.8, 4) is 5.75 Å². The van der Waals surface area contributed by atoms with Gasteiger partial charge in [0.05, 0.1) is 11.6 Å². The maximum Gasteiger partial charge on any atom is 0.279 e. The second-order valence-corrected chi connectivity index (χ2v) is 7.30. The van der Waals surface area contributed by atoms with Crippen molar-refractivity contribution in [1.82, 2.24) is 0 Å². The van der Waals surface area contributed by atoms with Gasteiger partial charge in [-0.3, -0.25) is 4.79 Å². The van der Waals surface area contributed by atoms with Crippen LogP contribution in [0.2, 0.25) is 0 Å². The van der Waals surface area contributed by atoms with Gasteiger partial charge in [0.2, 0.25) is 0 Å². The first-order valence-electron chi connectivity index (χ1n) is 8.36. The number of nitrogens with one attached hydrogen (secondary N) is 1. The van der Waals surface area contributed by atoms with Crippen LogP contribution in [-0.2, 0) is 4.79 Å². The van der Waals surface area contributed by atoms with E-state index in [0.29, 0.717) is 6.54 Å². The summed E-state index contributed by atoms with van der Waals surface area (Å²) in [5.74, 6) is 0.813. The average molecular weight is 406 g/mol. The highest BCUT2D eigenvalue weighted by molar-refractivity contribution is 9.10. The Morgan fingerprint density at radius 2 is 1.84 bits per heavy atom. The number of methoxy groups -OCH3 is 1. The SMILES string of the molecule is COc1ccc([C@@H](C)[NH2+]CC(=O)Nc2c(C)cc(C)cc2C)cc1Br. The molecule has 2 rings (SSSR count). The van der Waals surface area contributed by atoms with E-state index in [4.69, 9.17) is 4.74 Å². The molecule has 0 radical (unpaired) electrons. The number of ether oxygens (including phenoxy) is 1. The molecular formula is C20H26BrN2O2+. The molecule has 134 valence electrons. The summed E-state index contributed by atoms with van der Waals surface area (Å²) in [5.41, 5.74) is 5.46. The molecule has 4 nitrogen and oxygen atoms in total. The van der Waals surface area contributed by atoms with E-state index in [-0.39, 0.29) is 11.9 Å². The molecule has 0 fully saturated rings. The van der Waals surface area contributed by atoms with Crippen LogP contribution in [0.15, 0.2) is 34.8 Å². The normalized spacial score (nSPS) is 11.9. The number of halogens is 1. The van der Waals surface area contributed by atoms with Crippen molar-refractivity contribution in [3.05, 3.63) is 57.1 Å². The Labute approximate surface area is 158 Å². The molecule has 0 aromatic heterocycles. The van der Waals surface area contributed by atoms with Crippen LogP contribution in [-0.4, -0.2) is 19.6 Å². The van der Waals surface area contributed by atoms with Crippen LogP contribution < -0.4 is 15.4 Å². The summed E-state index contributed by atoms with van der Waals surface area (Å²) in [5, 5.41) is 5.07. The highest BCUT2D eigenvalue weighted by Gasteiger charge is 2.14. The first-order chi connectivity index (χ1) is 11.8. The summed E-state index contributed by atoms with van der Waals surface area (Å²) in [7, 11) is 1.65. The Balaban J connectivity index is 1.97.